The van der Waals surface area contributed by atoms with Crippen molar-refractivity contribution in [3.63, 3.8) is 0 Å². The maximum absolute atomic E-state index is 5.58. The van der Waals surface area contributed by atoms with Gasteiger partial charge >= 0.3 is 0 Å². The molecule has 90 valence electrons. The maximum atomic E-state index is 5.58. The van der Waals surface area contributed by atoms with Gasteiger partial charge in [0.15, 0.2) is 5.82 Å². The minimum atomic E-state index is 0.416. The Morgan fingerprint density at radius 2 is 2.12 bits per heavy atom. The zero-order valence-electron chi connectivity index (χ0n) is 9.98. The van der Waals surface area contributed by atoms with Crippen LogP contribution in [0, 0.1) is 5.92 Å². The molecule has 2 N–H and O–H groups in total. The smallest absolute Gasteiger partial charge is 0.226 e. The van der Waals surface area contributed by atoms with Crippen LogP contribution >= 0.6 is 0 Å². The standard InChI is InChI=1S/C12H21N3O/c1-9(8-13)7-11-14-12(15-16-11)10-5-3-2-4-6-10/h9-10H,2-8,13H2,1H3. The predicted octanol–water partition coefficient (Wildman–Crippen LogP) is 2.25. The van der Waals surface area contributed by atoms with Crippen LogP contribution in [0.5, 0.6) is 0 Å². The molecule has 0 aromatic carbocycles. The van der Waals surface area contributed by atoms with E-state index in [0.29, 0.717) is 18.4 Å². The zero-order chi connectivity index (χ0) is 11.4. The van der Waals surface area contributed by atoms with Crippen molar-refractivity contribution in [3.05, 3.63) is 11.7 Å². The van der Waals surface area contributed by atoms with E-state index in [0.717, 1.165) is 18.1 Å². The van der Waals surface area contributed by atoms with Crippen LogP contribution in [0.1, 0.15) is 56.7 Å². The number of rotatable bonds is 4. The summed E-state index contributed by atoms with van der Waals surface area (Å²) in [4.78, 5) is 4.49. The van der Waals surface area contributed by atoms with E-state index < -0.39 is 0 Å². The lowest BCUT2D eigenvalue weighted by Crippen LogP contribution is -2.13. The van der Waals surface area contributed by atoms with Crippen LogP contribution in [0.3, 0.4) is 0 Å². The molecular weight excluding hydrogens is 202 g/mol. The van der Waals surface area contributed by atoms with Gasteiger partial charge in [-0.2, -0.15) is 4.98 Å². The van der Waals surface area contributed by atoms with Crippen molar-refractivity contribution >= 4 is 0 Å². The average molecular weight is 223 g/mol. The van der Waals surface area contributed by atoms with Crippen molar-refractivity contribution in [2.75, 3.05) is 6.54 Å². The molecule has 1 aliphatic carbocycles. The van der Waals surface area contributed by atoms with Crippen LogP contribution in [0.4, 0.5) is 0 Å². The molecule has 4 nitrogen and oxygen atoms in total. The molecule has 1 heterocycles. The third-order valence-corrected chi connectivity index (χ3v) is 3.38. The average Bonchev–Trinajstić information content (AvgIpc) is 2.78. The fraction of sp³-hybridized carbons (Fsp3) is 0.833. The number of hydrogen-bond acceptors (Lipinski definition) is 4. The molecule has 0 aliphatic heterocycles. The number of nitrogens with two attached hydrogens (primary N) is 1. The minimum absolute atomic E-state index is 0.416. The second-order valence-electron chi connectivity index (χ2n) is 4.93. The van der Waals surface area contributed by atoms with Gasteiger partial charge in [0, 0.05) is 12.3 Å². The Morgan fingerprint density at radius 1 is 1.38 bits per heavy atom. The van der Waals surface area contributed by atoms with Crippen LogP contribution in [0.2, 0.25) is 0 Å². The summed E-state index contributed by atoms with van der Waals surface area (Å²) < 4.78 is 5.27. The van der Waals surface area contributed by atoms with Crippen molar-refractivity contribution in [2.24, 2.45) is 11.7 Å². The Kier molecular flexibility index (Phi) is 3.93. The molecule has 16 heavy (non-hydrogen) atoms. The summed E-state index contributed by atoms with van der Waals surface area (Å²) in [6.07, 6.45) is 7.18. The molecular formula is C12H21N3O. The van der Waals surface area contributed by atoms with Crippen LogP contribution < -0.4 is 5.73 Å². The third-order valence-electron chi connectivity index (χ3n) is 3.38. The third kappa shape index (κ3) is 2.82. The molecule has 4 heteroatoms. The predicted molar refractivity (Wildman–Crippen MR) is 62.0 cm³/mol. The second-order valence-corrected chi connectivity index (χ2v) is 4.93. The monoisotopic (exact) mass is 223 g/mol. The molecule has 1 aromatic rings. The highest BCUT2D eigenvalue weighted by molar-refractivity contribution is 4.97. The minimum Gasteiger partial charge on any atom is -0.339 e. The van der Waals surface area contributed by atoms with Gasteiger partial charge in [-0.25, -0.2) is 0 Å². The molecule has 0 saturated heterocycles. The fourth-order valence-corrected chi connectivity index (χ4v) is 2.26. The first-order chi connectivity index (χ1) is 7.79. The van der Waals surface area contributed by atoms with Crippen LogP contribution in [0.15, 0.2) is 4.52 Å². The molecule has 1 atom stereocenters. The Bertz CT molecular complexity index is 318. The SMILES string of the molecule is CC(CN)Cc1nc(C2CCCCC2)no1. The van der Waals surface area contributed by atoms with Crippen LogP contribution in [0.25, 0.3) is 0 Å². The number of aromatic nitrogens is 2. The largest absolute Gasteiger partial charge is 0.339 e. The summed E-state index contributed by atoms with van der Waals surface area (Å²) in [6.45, 7) is 2.77. The lowest BCUT2D eigenvalue weighted by atomic mass is 9.89. The highest BCUT2D eigenvalue weighted by atomic mass is 16.5. The van der Waals surface area contributed by atoms with E-state index >= 15 is 0 Å². The van der Waals surface area contributed by atoms with E-state index in [-0.39, 0.29) is 0 Å². The van der Waals surface area contributed by atoms with E-state index in [1.807, 2.05) is 0 Å². The molecule has 2 rings (SSSR count). The molecule has 0 radical (unpaired) electrons. The molecule has 1 aromatic heterocycles. The topological polar surface area (TPSA) is 64.9 Å². The van der Waals surface area contributed by atoms with Gasteiger partial charge in [0.05, 0.1) is 0 Å². The van der Waals surface area contributed by atoms with Gasteiger partial charge in [0.25, 0.3) is 0 Å². The van der Waals surface area contributed by atoms with E-state index in [1.165, 1.54) is 32.1 Å². The summed E-state index contributed by atoms with van der Waals surface area (Å²) in [5.74, 6) is 2.61. The normalized spacial score (nSPS) is 19.9. The summed E-state index contributed by atoms with van der Waals surface area (Å²) in [5.41, 5.74) is 5.58. The molecule has 0 bridgehead atoms. The van der Waals surface area contributed by atoms with Crippen LogP contribution in [-0.4, -0.2) is 16.7 Å². The Labute approximate surface area is 96.6 Å². The zero-order valence-corrected chi connectivity index (χ0v) is 9.98. The quantitative estimate of drug-likeness (QED) is 0.850. The van der Waals surface area contributed by atoms with E-state index in [2.05, 4.69) is 17.1 Å². The van der Waals surface area contributed by atoms with Gasteiger partial charge in [0.1, 0.15) is 0 Å². The summed E-state index contributed by atoms with van der Waals surface area (Å²) in [5, 5.41) is 4.10. The molecule has 1 unspecified atom stereocenters. The van der Waals surface area contributed by atoms with Crippen molar-refractivity contribution < 1.29 is 4.52 Å². The number of hydrogen-bond donors (Lipinski definition) is 1. The van der Waals surface area contributed by atoms with Gasteiger partial charge in [-0.05, 0) is 25.3 Å². The molecule has 1 fully saturated rings. The molecule has 1 aliphatic rings. The second kappa shape index (κ2) is 5.43. The highest BCUT2D eigenvalue weighted by Gasteiger charge is 2.21. The highest BCUT2D eigenvalue weighted by Crippen LogP contribution is 2.30. The van der Waals surface area contributed by atoms with Crippen LogP contribution in [-0.2, 0) is 6.42 Å². The van der Waals surface area contributed by atoms with Gasteiger partial charge in [-0.1, -0.05) is 31.3 Å². The van der Waals surface area contributed by atoms with E-state index in [4.69, 9.17) is 10.3 Å². The van der Waals surface area contributed by atoms with Gasteiger partial charge in [-0.3, -0.25) is 0 Å². The van der Waals surface area contributed by atoms with Crippen molar-refractivity contribution in [3.8, 4) is 0 Å². The Hall–Kier alpha value is -0.900. The van der Waals surface area contributed by atoms with Gasteiger partial charge < -0.3 is 10.3 Å². The first kappa shape index (κ1) is 11.6. The summed E-state index contributed by atoms with van der Waals surface area (Å²) >= 11 is 0. The maximum Gasteiger partial charge on any atom is 0.226 e. The summed E-state index contributed by atoms with van der Waals surface area (Å²) in [7, 11) is 0. The summed E-state index contributed by atoms with van der Waals surface area (Å²) in [6, 6.07) is 0. The Morgan fingerprint density at radius 3 is 2.81 bits per heavy atom. The first-order valence-corrected chi connectivity index (χ1v) is 6.32. The first-order valence-electron chi connectivity index (χ1n) is 6.32. The van der Waals surface area contributed by atoms with Crippen molar-refractivity contribution in [1.29, 1.82) is 0 Å². The van der Waals surface area contributed by atoms with Gasteiger partial charge in [-0.15, -0.1) is 0 Å². The van der Waals surface area contributed by atoms with Crippen molar-refractivity contribution in [2.45, 2.75) is 51.4 Å². The van der Waals surface area contributed by atoms with E-state index in [1.54, 1.807) is 0 Å². The molecule has 1 saturated carbocycles. The number of nitrogens with zero attached hydrogens (tertiary/aromatic N) is 2. The Balaban J connectivity index is 1.95. The van der Waals surface area contributed by atoms with Gasteiger partial charge in [0.2, 0.25) is 5.89 Å². The van der Waals surface area contributed by atoms with E-state index in [9.17, 15) is 0 Å². The molecule has 0 amide bonds. The lowest BCUT2D eigenvalue weighted by molar-refractivity contribution is 0.345. The van der Waals surface area contributed by atoms with Crippen molar-refractivity contribution in [1.82, 2.24) is 10.1 Å². The fourth-order valence-electron chi connectivity index (χ4n) is 2.26. The lowest BCUT2D eigenvalue weighted by Gasteiger charge is -2.17. The molecule has 0 spiro atoms.